The van der Waals surface area contributed by atoms with E-state index in [-0.39, 0.29) is 22.6 Å². The summed E-state index contributed by atoms with van der Waals surface area (Å²) >= 11 is 1.07. The highest BCUT2D eigenvalue weighted by molar-refractivity contribution is 7.18. The van der Waals surface area contributed by atoms with E-state index in [1.807, 2.05) is 0 Å². The molecular formula is C10H15N3O3S. The van der Waals surface area contributed by atoms with E-state index >= 15 is 0 Å². The van der Waals surface area contributed by atoms with E-state index in [1.165, 1.54) is 6.20 Å². The quantitative estimate of drug-likeness (QED) is 0.661. The largest absolute Gasteiger partial charge is 0.381 e. The monoisotopic (exact) mass is 257 g/mol. The van der Waals surface area contributed by atoms with Gasteiger partial charge in [-0.25, -0.2) is 4.98 Å². The summed E-state index contributed by atoms with van der Waals surface area (Å²) in [6.07, 6.45) is 2.42. The first kappa shape index (κ1) is 12.3. The molecule has 94 valence electrons. The predicted molar refractivity (Wildman–Crippen MR) is 65.4 cm³/mol. The fourth-order valence-corrected chi connectivity index (χ4v) is 2.78. The van der Waals surface area contributed by atoms with Gasteiger partial charge in [0.15, 0.2) is 5.13 Å². The zero-order valence-electron chi connectivity index (χ0n) is 9.97. The van der Waals surface area contributed by atoms with Crippen molar-refractivity contribution < 1.29 is 9.66 Å². The molecule has 0 bridgehead atoms. The Kier molecular flexibility index (Phi) is 3.05. The minimum absolute atomic E-state index is 0.0230. The van der Waals surface area contributed by atoms with Crippen LogP contribution in [0, 0.1) is 15.5 Å². The Morgan fingerprint density at radius 1 is 1.71 bits per heavy atom. The number of ether oxygens (including phenoxy) is 1. The van der Waals surface area contributed by atoms with Gasteiger partial charge in [0.1, 0.15) is 6.20 Å². The molecule has 0 aromatic carbocycles. The molecule has 0 radical (unpaired) electrons. The van der Waals surface area contributed by atoms with Crippen LogP contribution in [-0.4, -0.2) is 29.2 Å². The fourth-order valence-electron chi connectivity index (χ4n) is 2.10. The van der Waals surface area contributed by atoms with Crippen LogP contribution in [0.1, 0.15) is 20.3 Å². The van der Waals surface area contributed by atoms with E-state index in [9.17, 15) is 10.1 Å². The minimum Gasteiger partial charge on any atom is -0.381 e. The van der Waals surface area contributed by atoms with E-state index in [4.69, 9.17) is 4.74 Å². The molecule has 7 heteroatoms. The second-order valence-electron chi connectivity index (χ2n) is 4.74. The molecule has 6 nitrogen and oxygen atoms in total. The van der Waals surface area contributed by atoms with Gasteiger partial charge < -0.3 is 10.1 Å². The van der Waals surface area contributed by atoms with Crippen molar-refractivity contribution in [3.8, 4) is 0 Å². The average molecular weight is 257 g/mol. The molecule has 1 aliphatic carbocycles. The van der Waals surface area contributed by atoms with E-state index < -0.39 is 4.92 Å². The van der Waals surface area contributed by atoms with Crippen molar-refractivity contribution in [2.45, 2.75) is 32.4 Å². The topological polar surface area (TPSA) is 77.3 Å². The lowest BCUT2D eigenvalue weighted by Gasteiger charge is -2.51. The van der Waals surface area contributed by atoms with Gasteiger partial charge in [-0.05, 0) is 17.8 Å². The van der Waals surface area contributed by atoms with Crippen molar-refractivity contribution in [1.29, 1.82) is 0 Å². The third-order valence-corrected chi connectivity index (χ3v) is 4.31. The molecule has 1 N–H and O–H groups in total. The number of aromatic nitrogens is 1. The summed E-state index contributed by atoms with van der Waals surface area (Å²) in [4.78, 5) is 14.1. The van der Waals surface area contributed by atoms with Crippen LogP contribution >= 0.6 is 11.3 Å². The first-order chi connectivity index (χ1) is 7.95. The van der Waals surface area contributed by atoms with Gasteiger partial charge in [0.2, 0.25) is 0 Å². The molecule has 2 unspecified atom stereocenters. The highest BCUT2D eigenvalue weighted by Gasteiger charge is 2.48. The third-order valence-electron chi connectivity index (χ3n) is 3.43. The Labute approximate surface area is 103 Å². The molecule has 2 atom stereocenters. The summed E-state index contributed by atoms with van der Waals surface area (Å²) < 4.78 is 5.35. The van der Waals surface area contributed by atoms with E-state index in [1.54, 1.807) is 7.11 Å². The van der Waals surface area contributed by atoms with Gasteiger partial charge >= 0.3 is 5.00 Å². The molecule has 1 aromatic heterocycles. The maximum absolute atomic E-state index is 10.5. The Bertz CT molecular complexity index is 432. The number of nitrogens with zero attached hydrogens (tertiary/aromatic N) is 2. The summed E-state index contributed by atoms with van der Waals surface area (Å²) in [6.45, 7) is 4.23. The van der Waals surface area contributed by atoms with Gasteiger partial charge in [-0.3, -0.25) is 10.1 Å². The normalized spacial score (nSPS) is 26.3. The lowest BCUT2D eigenvalue weighted by Crippen LogP contribution is -2.57. The number of thiazole rings is 1. The highest BCUT2D eigenvalue weighted by Crippen LogP contribution is 2.44. The lowest BCUT2D eigenvalue weighted by molar-refractivity contribution is -0.380. The van der Waals surface area contributed by atoms with Crippen LogP contribution in [0.2, 0.25) is 0 Å². The van der Waals surface area contributed by atoms with Gasteiger partial charge in [-0.2, -0.15) is 0 Å². The Morgan fingerprint density at radius 2 is 2.41 bits per heavy atom. The fraction of sp³-hybridized carbons (Fsp3) is 0.700. The number of rotatable bonds is 4. The standard InChI is InChI=1S/C10H15N3O3S/c1-10(2)6(4-7(10)16-3)12-9-11-5-8(17-9)13(14)15/h5-7H,4H2,1-3H3,(H,11,12). The second kappa shape index (κ2) is 4.23. The van der Waals surface area contributed by atoms with Crippen LogP contribution in [0.5, 0.6) is 0 Å². The molecule has 1 heterocycles. The summed E-state index contributed by atoms with van der Waals surface area (Å²) in [5, 5.41) is 14.4. The molecule has 1 aromatic rings. The first-order valence-corrected chi connectivity index (χ1v) is 6.16. The van der Waals surface area contributed by atoms with Crippen molar-refractivity contribution in [3.05, 3.63) is 16.3 Å². The van der Waals surface area contributed by atoms with Crippen LogP contribution in [0.25, 0.3) is 0 Å². The number of nitrogens with one attached hydrogen (secondary N) is 1. The molecule has 0 saturated heterocycles. The number of anilines is 1. The Hall–Kier alpha value is -1.21. The van der Waals surface area contributed by atoms with Crippen LogP contribution in [0.15, 0.2) is 6.20 Å². The maximum atomic E-state index is 10.5. The second-order valence-corrected chi connectivity index (χ2v) is 5.75. The average Bonchev–Trinajstić information content (AvgIpc) is 2.72. The van der Waals surface area contributed by atoms with Gasteiger partial charge in [-0.1, -0.05) is 13.8 Å². The van der Waals surface area contributed by atoms with Crippen molar-refractivity contribution in [1.82, 2.24) is 4.98 Å². The van der Waals surface area contributed by atoms with Gasteiger partial charge in [0, 0.05) is 18.6 Å². The molecule has 1 fully saturated rings. The molecule has 0 aliphatic heterocycles. The highest BCUT2D eigenvalue weighted by atomic mass is 32.1. The van der Waals surface area contributed by atoms with Crippen molar-refractivity contribution in [3.63, 3.8) is 0 Å². The van der Waals surface area contributed by atoms with E-state index in [0.717, 1.165) is 17.8 Å². The lowest BCUT2D eigenvalue weighted by atomic mass is 9.64. The first-order valence-electron chi connectivity index (χ1n) is 5.34. The molecule has 0 spiro atoms. The number of methoxy groups -OCH3 is 1. The number of hydrogen-bond acceptors (Lipinski definition) is 6. The molecule has 1 saturated carbocycles. The molecule has 1 aliphatic rings. The van der Waals surface area contributed by atoms with Crippen molar-refractivity contribution in [2.24, 2.45) is 5.41 Å². The van der Waals surface area contributed by atoms with E-state index in [0.29, 0.717) is 5.13 Å². The smallest absolute Gasteiger partial charge is 0.345 e. The van der Waals surface area contributed by atoms with Crippen LogP contribution in [0.4, 0.5) is 10.1 Å². The van der Waals surface area contributed by atoms with Crippen molar-refractivity contribution >= 4 is 21.5 Å². The number of hydrogen-bond donors (Lipinski definition) is 1. The SMILES string of the molecule is COC1CC(Nc2ncc([N+](=O)[O-])s2)C1(C)C. The van der Waals surface area contributed by atoms with Crippen molar-refractivity contribution in [2.75, 3.05) is 12.4 Å². The summed E-state index contributed by atoms with van der Waals surface area (Å²) in [5.41, 5.74) is 0.0230. The van der Waals surface area contributed by atoms with Crippen LogP contribution in [-0.2, 0) is 4.74 Å². The van der Waals surface area contributed by atoms with Gasteiger partial charge in [0.25, 0.3) is 0 Å². The Balaban J connectivity index is 2.00. The molecule has 0 amide bonds. The number of nitro groups is 1. The predicted octanol–water partition coefficient (Wildman–Crippen LogP) is 2.28. The zero-order valence-corrected chi connectivity index (χ0v) is 10.8. The van der Waals surface area contributed by atoms with Gasteiger partial charge in [-0.15, -0.1) is 0 Å². The van der Waals surface area contributed by atoms with E-state index in [2.05, 4.69) is 24.1 Å². The summed E-state index contributed by atoms with van der Waals surface area (Å²) in [6, 6.07) is 0.248. The summed E-state index contributed by atoms with van der Waals surface area (Å²) in [7, 11) is 1.71. The Morgan fingerprint density at radius 3 is 2.88 bits per heavy atom. The molecular weight excluding hydrogens is 242 g/mol. The molecule has 2 rings (SSSR count). The minimum atomic E-state index is -0.424. The molecule has 17 heavy (non-hydrogen) atoms. The summed E-state index contributed by atoms with van der Waals surface area (Å²) in [5.74, 6) is 0. The van der Waals surface area contributed by atoms with Crippen LogP contribution < -0.4 is 5.32 Å². The van der Waals surface area contributed by atoms with Crippen LogP contribution in [0.3, 0.4) is 0 Å². The maximum Gasteiger partial charge on any atom is 0.345 e. The zero-order chi connectivity index (χ0) is 12.6. The van der Waals surface area contributed by atoms with Gasteiger partial charge in [0.05, 0.1) is 11.0 Å². The third kappa shape index (κ3) is 2.12.